The Morgan fingerprint density at radius 1 is 1.41 bits per heavy atom. The second-order valence-corrected chi connectivity index (χ2v) is 9.84. The van der Waals surface area contributed by atoms with Crippen LogP contribution in [0.1, 0.15) is 18.6 Å². The van der Waals surface area contributed by atoms with Crippen molar-refractivity contribution in [3.8, 4) is 0 Å². The molecule has 0 fully saturated rings. The molecule has 0 radical (unpaired) electrons. The van der Waals surface area contributed by atoms with Crippen molar-refractivity contribution in [2.24, 2.45) is 0 Å². The summed E-state index contributed by atoms with van der Waals surface area (Å²) in [6.07, 6.45) is -1.35. The maximum Gasteiger partial charge on any atom is 0.229 e. The summed E-state index contributed by atoms with van der Waals surface area (Å²) in [5, 5.41) is 10.0. The van der Waals surface area contributed by atoms with Crippen molar-refractivity contribution in [2.45, 2.75) is 16.1 Å². The van der Waals surface area contributed by atoms with Crippen LogP contribution in [0.3, 0.4) is 0 Å². The number of rotatable bonds is 4. The van der Waals surface area contributed by atoms with E-state index in [-0.39, 0.29) is 5.75 Å². The number of hydrogen-bond acceptors (Lipinski definition) is 3. The van der Waals surface area contributed by atoms with Crippen LogP contribution in [0.25, 0.3) is 0 Å². The molecule has 17 heavy (non-hydrogen) atoms. The Morgan fingerprint density at radius 3 is 2.29 bits per heavy atom. The smallest absolute Gasteiger partial charge is 0.229 e. The number of halogens is 3. The summed E-state index contributed by atoms with van der Waals surface area (Å²) in [5.74, 6) is -0.157. The molecule has 0 aliphatic heterocycles. The molecule has 0 bridgehead atoms. The molecule has 0 heterocycles. The van der Waals surface area contributed by atoms with Gasteiger partial charge in [0.25, 0.3) is 0 Å². The zero-order valence-corrected chi connectivity index (χ0v) is 13.6. The Bertz CT molecular complexity index is 485. The van der Waals surface area contributed by atoms with E-state index in [1.54, 1.807) is 24.3 Å². The number of alkyl halides is 2. The van der Waals surface area contributed by atoms with Gasteiger partial charge >= 0.3 is 0 Å². The van der Waals surface area contributed by atoms with Crippen LogP contribution in [0.4, 0.5) is 0 Å². The molecule has 3 nitrogen and oxygen atoms in total. The molecule has 0 saturated heterocycles. The average molecular weight is 407 g/mol. The molecule has 0 aromatic heterocycles. The topological polar surface area (TPSA) is 54.4 Å². The van der Waals surface area contributed by atoms with E-state index in [2.05, 4.69) is 31.9 Å². The minimum Gasteiger partial charge on any atom is -0.385 e. The average Bonchev–Trinajstić information content (AvgIpc) is 2.28. The fraction of sp³-hybridized carbons (Fsp3) is 0.400. The molecule has 1 aromatic rings. The molecule has 96 valence electrons. The van der Waals surface area contributed by atoms with Crippen LogP contribution in [-0.4, -0.2) is 22.4 Å². The quantitative estimate of drug-likeness (QED) is 0.782. The highest BCUT2D eigenvalue weighted by molar-refractivity contribution is 9.12. The van der Waals surface area contributed by atoms with E-state index in [1.165, 1.54) is 6.92 Å². The molecule has 1 N–H and O–H groups in total. The minimum atomic E-state index is -3.63. The second-order valence-electron chi connectivity index (χ2n) is 3.42. The van der Waals surface area contributed by atoms with E-state index in [9.17, 15) is 13.5 Å². The number of aliphatic hydroxyl groups is 1. The lowest BCUT2D eigenvalue weighted by atomic mass is 10.1. The van der Waals surface area contributed by atoms with E-state index in [1.807, 2.05) is 0 Å². The molecule has 7 heteroatoms. The largest absolute Gasteiger partial charge is 0.385 e. The van der Waals surface area contributed by atoms with Gasteiger partial charge in [-0.25, -0.2) is 8.42 Å². The molecule has 1 rings (SSSR count). The predicted molar refractivity (Wildman–Crippen MR) is 76.1 cm³/mol. The molecule has 1 aromatic carbocycles. The van der Waals surface area contributed by atoms with Gasteiger partial charge in [0, 0.05) is 4.47 Å². The molecular weight excluding hydrogens is 395 g/mol. The Labute approximate surface area is 122 Å². The molecule has 0 saturated carbocycles. The maximum atomic E-state index is 11.8. The molecule has 0 aliphatic carbocycles. The van der Waals surface area contributed by atoms with Gasteiger partial charge in [-0.1, -0.05) is 46.6 Å². The number of sulfone groups is 1. The van der Waals surface area contributed by atoms with E-state index in [0.717, 1.165) is 4.47 Å². The lowest BCUT2D eigenvalue weighted by Gasteiger charge is -2.25. The summed E-state index contributed by atoms with van der Waals surface area (Å²) in [4.78, 5) is 0. The van der Waals surface area contributed by atoms with Crippen molar-refractivity contribution >= 4 is 53.3 Å². The maximum absolute atomic E-state index is 11.8. The van der Waals surface area contributed by atoms with Gasteiger partial charge in [0.2, 0.25) is 3.12 Å². The Morgan fingerprint density at radius 2 is 1.88 bits per heavy atom. The summed E-state index contributed by atoms with van der Waals surface area (Å²) in [7, 11) is -3.63. The highest BCUT2D eigenvalue weighted by Crippen LogP contribution is 2.43. The standard InChI is InChI=1S/C10H11Br2ClO3S/c1-2-17(15,16)10(12,13)9(14)7-3-5-8(11)6-4-7/h3-6,9,14H,2H2,1H3/t9-,10-/m0/s1. The summed E-state index contributed by atoms with van der Waals surface area (Å²) in [5.41, 5.74) is 0.428. The van der Waals surface area contributed by atoms with E-state index in [4.69, 9.17) is 11.6 Å². The molecule has 0 amide bonds. The van der Waals surface area contributed by atoms with Crippen molar-refractivity contribution in [2.75, 3.05) is 5.75 Å². The van der Waals surface area contributed by atoms with Gasteiger partial charge in [-0.2, -0.15) is 0 Å². The third kappa shape index (κ3) is 3.23. The lowest BCUT2D eigenvalue weighted by Crippen LogP contribution is -2.34. The van der Waals surface area contributed by atoms with Crippen LogP contribution in [0.15, 0.2) is 28.7 Å². The first-order valence-corrected chi connectivity index (χ1v) is 8.37. The van der Waals surface area contributed by atoms with Crippen LogP contribution < -0.4 is 0 Å². The summed E-state index contributed by atoms with van der Waals surface area (Å²) in [6.45, 7) is 1.47. The van der Waals surface area contributed by atoms with Crippen LogP contribution in [0.2, 0.25) is 0 Å². The van der Waals surface area contributed by atoms with Crippen molar-refractivity contribution in [1.29, 1.82) is 0 Å². The van der Waals surface area contributed by atoms with E-state index < -0.39 is 19.1 Å². The lowest BCUT2D eigenvalue weighted by molar-refractivity contribution is 0.185. The predicted octanol–water partition coefficient (Wildman–Crippen LogP) is 3.20. The Hall–Kier alpha value is 0.380. The minimum absolute atomic E-state index is 0.157. The number of aliphatic hydroxyl groups excluding tert-OH is 1. The summed E-state index contributed by atoms with van der Waals surface area (Å²) < 4.78 is 22.4. The van der Waals surface area contributed by atoms with Crippen molar-refractivity contribution in [3.05, 3.63) is 34.3 Å². The van der Waals surface area contributed by atoms with E-state index in [0.29, 0.717) is 5.56 Å². The first-order valence-electron chi connectivity index (χ1n) is 4.76. The molecular formula is C10H11Br2ClO3S. The SMILES string of the molecule is CCS(=O)(=O)[C@](Cl)(Br)[C@@H](O)c1ccc(Br)cc1. The summed E-state index contributed by atoms with van der Waals surface area (Å²) >= 11 is 12.1. The Balaban J connectivity index is 3.12. The van der Waals surface area contributed by atoms with Gasteiger partial charge in [-0.15, -0.1) is 0 Å². The fourth-order valence-corrected chi connectivity index (χ4v) is 3.73. The molecule has 0 spiro atoms. The van der Waals surface area contributed by atoms with E-state index >= 15 is 0 Å². The Kier molecular flexibility index (Phi) is 5.06. The third-order valence-corrected chi connectivity index (χ3v) is 7.47. The van der Waals surface area contributed by atoms with Gasteiger partial charge in [-0.05, 0) is 33.6 Å². The zero-order valence-electron chi connectivity index (χ0n) is 8.90. The van der Waals surface area contributed by atoms with Gasteiger partial charge in [0.15, 0.2) is 9.84 Å². The van der Waals surface area contributed by atoms with Gasteiger partial charge in [0.1, 0.15) is 6.10 Å². The van der Waals surface area contributed by atoms with Crippen molar-refractivity contribution in [1.82, 2.24) is 0 Å². The third-order valence-electron chi connectivity index (χ3n) is 2.30. The molecule has 2 atom stereocenters. The van der Waals surface area contributed by atoms with Crippen molar-refractivity contribution in [3.63, 3.8) is 0 Å². The van der Waals surface area contributed by atoms with Gasteiger partial charge in [0.05, 0.1) is 5.75 Å². The van der Waals surface area contributed by atoms with Crippen molar-refractivity contribution < 1.29 is 13.5 Å². The zero-order chi connectivity index (χ0) is 13.3. The normalized spacial score (nSPS) is 17.5. The van der Waals surface area contributed by atoms with Crippen LogP contribution in [0, 0.1) is 0 Å². The monoisotopic (exact) mass is 404 g/mol. The first kappa shape index (κ1) is 15.4. The highest BCUT2D eigenvalue weighted by atomic mass is 79.9. The summed E-state index contributed by atoms with van der Waals surface area (Å²) in [6, 6.07) is 6.63. The van der Waals surface area contributed by atoms with Crippen LogP contribution in [0.5, 0.6) is 0 Å². The first-order chi connectivity index (χ1) is 7.72. The number of hydrogen-bond donors (Lipinski definition) is 1. The second kappa shape index (κ2) is 5.57. The highest BCUT2D eigenvalue weighted by Gasteiger charge is 2.45. The van der Waals surface area contributed by atoms with Crippen LogP contribution >= 0.6 is 43.5 Å². The van der Waals surface area contributed by atoms with Crippen LogP contribution in [-0.2, 0) is 9.84 Å². The number of benzene rings is 1. The van der Waals surface area contributed by atoms with Gasteiger partial charge < -0.3 is 5.11 Å². The van der Waals surface area contributed by atoms with Gasteiger partial charge in [-0.3, -0.25) is 0 Å². The molecule has 0 aliphatic rings. The fourth-order valence-electron chi connectivity index (χ4n) is 1.20. The molecule has 0 unspecified atom stereocenters.